The van der Waals surface area contributed by atoms with Gasteiger partial charge in [0.15, 0.2) is 18.1 Å². The number of nitrogens with one attached hydrogen (secondary N) is 1. The Morgan fingerprint density at radius 1 is 1.30 bits per heavy atom. The first-order valence-electron chi connectivity index (χ1n) is 7.39. The number of carbonyl (C=O) groups is 2. The molecular weight excluding hydrogens is 366 g/mol. The third-order valence-electron chi connectivity index (χ3n) is 3.10. The van der Waals surface area contributed by atoms with E-state index in [0.717, 1.165) is 6.42 Å². The number of amides is 1. The van der Waals surface area contributed by atoms with Crippen LogP contribution in [0.5, 0.6) is 11.5 Å². The largest absolute Gasteiger partial charge is 0.492 e. The maximum atomic E-state index is 12.1. The van der Waals surface area contributed by atoms with Crippen LogP contribution in [0.2, 0.25) is 0 Å². The van der Waals surface area contributed by atoms with Crippen LogP contribution >= 0.6 is 15.9 Å². The van der Waals surface area contributed by atoms with Crippen LogP contribution in [0.3, 0.4) is 0 Å². The summed E-state index contributed by atoms with van der Waals surface area (Å²) in [5.74, 6) is -0.00258. The van der Waals surface area contributed by atoms with E-state index in [1.807, 2.05) is 20.8 Å². The molecule has 1 aromatic carbocycles. The van der Waals surface area contributed by atoms with Crippen LogP contribution in [-0.2, 0) is 9.53 Å². The summed E-state index contributed by atoms with van der Waals surface area (Å²) >= 11 is 3.33. The van der Waals surface area contributed by atoms with Crippen LogP contribution in [0.4, 0.5) is 0 Å². The maximum Gasteiger partial charge on any atom is 0.338 e. The molecule has 0 bridgehead atoms. The van der Waals surface area contributed by atoms with Crippen molar-refractivity contribution >= 4 is 27.8 Å². The molecule has 0 radical (unpaired) electrons. The lowest BCUT2D eigenvalue weighted by Crippen LogP contribution is -2.35. The number of halogens is 1. The van der Waals surface area contributed by atoms with Gasteiger partial charge in [-0.25, -0.2) is 4.79 Å². The van der Waals surface area contributed by atoms with Gasteiger partial charge in [-0.3, -0.25) is 4.79 Å². The van der Waals surface area contributed by atoms with E-state index in [1.54, 1.807) is 6.07 Å². The minimum Gasteiger partial charge on any atom is -0.492 e. The van der Waals surface area contributed by atoms with Crippen molar-refractivity contribution in [1.29, 1.82) is 0 Å². The predicted octanol–water partition coefficient (Wildman–Crippen LogP) is 2.93. The number of rotatable bonds is 8. The molecule has 0 spiro atoms. The Labute approximate surface area is 144 Å². The van der Waals surface area contributed by atoms with Crippen molar-refractivity contribution in [2.24, 2.45) is 0 Å². The van der Waals surface area contributed by atoms with Crippen LogP contribution in [-0.4, -0.2) is 38.2 Å². The normalized spacial score (nSPS) is 11.5. The van der Waals surface area contributed by atoms with Crippen molar-refractivity contribution in [3.8, 4) is 11.5 Å². The van der Waals surface area contributed by atoms with E-state index >= 15 is 0 Å². The van der Waals surface area contributed by atoms with Crippen LogP contribution in [0.25, 0.3) is 0 Å². The number of carbonyl (C=O) groups excluding carboxylic acids is 2. The Balaban J connectivity index is 2.78. The maximum absolute atomic E-state index is 12.1. The molecule has 0 unspecified atom stereocenters. The molecule has 1 N–H and O–H groups in total. The summed E-state index contributed by atoms with van der Waals surface area (Å²) in [5, 5.41) is 2.73. The fourth-order valence-electron chi connectivity index (χ4n) is 1.78. The zero-order chi connectivity index (χ0) is 17.4. The van der Waals surface area contributed by atoms with E-state index < -0.39 is 5.97 Å². The molecule has 0 aliphatic rings. The number of esters is 1. The van der Waals surface area contributed by atoms with Gasteiger partial charge in [-0.2, -0.15) is 0 Å². The van der Waals surface area contributed by atoms with Crippen molar-refractivity contribution in [2.45, 2.75) is 33.2 Å². The summed E-state index contributed by atoms with van der Waals surface area (Å²) < 4.78 is 16.3. The number of methoxy groups -OCH3 is 1. The quantitative estimate of drug-likeness (QED) is 0.694. The van der Waals surface area contributed by atoms with Crippen molar-refractivity contribution in [3.63, 3.8) is 0 Å². The minimum absolute atomic E-state index is 0.0425. The lowest BCUT2D eigenvalue weighted by Gasteiger charge is -2.14. The summed E-state index contributed by atoms with van der Waals surface area (Å²) in [6.45, 7) is 5.78. The second kappa shape index (κ2) is 9.39. The van der Waals surface area contributed by atoms with Crippen LogP contribution in [0.15, 0.2) is 16.6 Å². The molecule has 6 nitrogen and oxygen atoms in total. The van der Waals surface area contributed by atoms with Gasteiger partial charge >= 0.3 is 5.97 Å². The standard InChI is InChI=1S/C16H22BrNO5/c1-5-10(3)18-14(19)9-23-16(20)11-7-12(17)15(21-4)13(8-11)22-6-2/h7-8,10H,5-6,9H2,1-4H3,(H,18,19)/t10-/m0/s1. The van der Waals surface area contributed by atoms with Crippen LogP contribution in [0.1, 0.15) is 37.6 Å². The Morgan fingerprint density at radius 2 is 2.00 bits per heavy atom. The molecule has 7 heteroatoms. The number of benzene rings is 1. The van der Waals surface area contributed by atoms with Gasteiger partial charge in [-0.15, -0.1) is 0 Å². The highest BCUT2D eigenvalue weighted by Crippen LogP contribution is 2.36. The minimum atomic E-state index is -0.603. The third-order valence-corrected chi connectivity index (χ3v) is 3.69. The summed E-state index contributed by atoms with van der Waals surface area (Å²) in [5.41, 5.74) is 0.275. The van der Waals surface area contributed by atoms with Gasteiger partial charge in [-0.05, 0) is 48.3 Å². The smallest absolute Gasteiger partial charge is 0.338 e. The van der Waals surface area contributed by atoms with Gasteiger partial charge in [0, 0.05) is 6.04 Å². The lowest BCUT2D eigenvalue weighted by molar-refractivity contribution is -0.124. The molecule has 0 saturated heterocycles. The van der Waals surface area contributed by atoms with Crippen LogP contribution in [0, 0.1) is 0 Å². The molecule has 23 heavy (non-hydrogen) atoms. The molecule has 0 fully saturated rings. The van der Waals surface area contributed by atoms with Crippen LogP contribution < -0.4 is 14.8 Å². The van der Waals surface area contributed by atoms with E-state index in [0.29, 0.717) is 22.6 Å². The van der Waals surface area contributed by atoms with Gasteiger partial charge in [0.25, 0.3) is 5.91 Å². The van der Waals surface area contributed by atoms with Gasteiger partial charge in [0.1, 0.15) is 0 Å². The van der Waals surface area contributed by atoms with E-state index in [-0.39, 0.29) is 24.1 Å². The topological polar surface area (TPSA) is 73.9 Å². The summed E-state index contributed by atoms with van der Waals surface area (Å²) in [6.07, 6.45) is 0.808. The first-order valence-corrected chi connectivity index (χ1v) is 8.18. The summed E-state index contributed by atoms with van der Waals surface area (Å²) in [4.78, 5) is 23.7. The molecule has 1 rings (SSSR count). The molecule has 1 amide bonds. The first-order chi connectivity index (χ1) is 10.9. The second-order valence-electron chi connectivity index (χ2n) is 4.88. The average Bonchev–Trinajstić information content (AvgIpc) is 2.52. The zero-order valence-corrected chi connectivity index (χ0v) is 15.4. The van der Waals surface area contributed by atoms with E-state index in [1.165, 1.54) is 13.2 Å². The average molecular weight is 388 g/mol. The number of hydrogen-bond donors (Lipinski definition) is 1. The van der Waals surface area contributed by atoms with Crippen molar-refractivity contribution in [3.05, 3.63) is 22.2 Å². The molecule has 0 aliphatic heterocycles. The fraction of sp³-hybridized carbons (Fsp3) is 0.500. The van der Waals surface area contributed by atoms with Gasteiger partial charge in [0.2, 0.25) is 0 Å². The van der Waals surface area contributed by atoms with Gasteiger partial charge in [-0.1, -0.05) is 6.92 Å². The molecule has 0 aromatic heterocycles. The Kier molecular flexibility index (Phi) is 7.88. The Hall–Kier alpha value is -1.76. The lowest BCUT2D eigenvalue weighted by atomic mass is 10.2. The number of hydrogen-bond acceptors (Lipinski definition) is 5. The second-order valence-corrected chi connectivity index (χ2v) is 5.73. The Bertz CT molecular complexity index is 562. The molecule has 0 saturated carbocycles. The fourth-order valence-corrected chi connectivity index (χ4v) is 2.38. The molecule has 0 aliphatic carbocycles. The van der Waals surface area contributed by atoms with Gasteiger partial charge < -0.3 is 19.5 Å². The molecule has 0 heterocycles. The SMILES string of the molecule is CCOc1cc(C(=O)OCC(=O)N[C@@H](C)CC)cc(Br)c1OC. The van der Waals surface area contributed by atoms with Crippen molar-refractivity contribution in [2.75, 3.05) is 20.3 Å². The molecule has 128 valence electrons. The third kappa shape index (κ3) is 5.74. The highest BCUT2D eigenvalue weighted by Gasteiger charge is 2.17. The first kappa shape index (κ1) is 19.3. The van der Waals surface area contributed by atoms with E-state index in [4.69, 9.17) is 14.2 Å². The Morgan fingerprint density at radius 3 is 2.57 bits per heavy atom. The van der Waals surface area contributed by atoms with Gasteiger partial charge in [0.05, 0.1) is 23.8 Å². The summed E-state index contributed by atoms with van der Waals surface area (Å²) in [6, 6.07) is 3.14. The van der Waals surface area contributed by atoms with Crippen molar-refractivity contribution in [1.82, 2.24) is 5.32 Å². The zero-order valence-electron chi connectivity index (χ0n) is 13.8. The molecule has 1 atom stereocenters. The molecule has 1 aromatic rings. The highest BCUT2D eigenvalue weighted by atomic mass is 79.9. The van der Waals surface area contributed by atoms with E-state index in [2.05, 4.69) is 21.2 Å². The molecular formula is C16H22BrNO5. The predicted molar refractivity (Wildman–Crippen MR) is 90.0 cm³/mol. The highest BCUT2D eigenvalue weighted by molar-refractivity contribution is 9.10. The summed E-state index contributed by atoms with van der Waals surface area (Å²) in [7, 11) is 1.51. The monoisotopic (exact) mass is 387 g/mol. The number of ether oxygens (including phenoxy) is 3. The van der Waals surface area contributed by atoms with E-state index in [9.17, 15) is 9.59 Å². The van der Waals surface area contributed by atoms with Crippen molar-refractivity contribution < 1.29 is 23.8 Å².